The molecule has 0 saturated carbocycles. The number of carboxylic acids is 1. The molecule has 1 heterocycles. The fourth-order valence-corrected chi connectivity index (χ4v) is 0.837. The van der Waals surface area contributed by atoms with Crippen LogP contribution in [0.15, 0.2) is 10.2 Å². The van der Waals surface area contributed by atoms with Crippen molar-refractivity contribution in [1.29, 1.82) is 0 Å². The van der Waals surface area contributed by atoms with Gasteiger partial charge >= 0.3 is 12.0 Å². The number of carbonyl (C=O) groups is 3. The smallest absolute Gasteiger partial charge is 0.365 e. The van der Waals surface area contributed by atoms with Gasteiger partial charge < -0.3 is 5.11 Å². The number of urea groups is 1. The van der Waals surface area contributed by atoms with Crippen molar-refractivity contribution in [3.8, 4) is 0 Å². The fraction of sp³-hybridized carbons (Fsp3) is 0.500. The van der Waals surface area contributed by atoms with E-state index in [4.69, 9.17) is 5.11 Å². The molecule has 7 nitrogen and oxygen atoms in total. The van der Waals surface area contributed by atoms with Gasteiger partial charge in [-0.25, -0.2) is 4.79 Å². The summed E-state index contributed by atoms with van der Waals surface area (Å²) in [6, 6.07) is -1.66. The number of carboxylic acid groups (broad SMARTS) is 1. The van der Waals surface area contributed by atoms with Crippen molar-refractivity contribution in [1.82, 2.24) is 5.32 Å². The van der Waals surface area contributed by atoms with E-state index in [2.05, 4.69) is 10.2 Å². The number of amides is 3. The van der Waals surface area contributed by atoms with E-state index in [1.807, 2.05) is 5.32 Å². The third kappa shape index (κ3) is 2.62. The summed E-state index contributed by atoms with van der Waals surface area (Å²) in [5, 5.41) is 16.7. The monoisotopic (exact) mass is 185 g/mol. The summed E-state index contributed by atoms with van der Waals surface area (Å²) < 4.78 is 0. The maximum Gasteiger partial charge on any atom is 0.365 e. The average Bonchev–Trinajstić information content (AvgIpc) is 2.02. The van der Waals surface area contributed by atoms with E-state index in [-0.39, 0.29) is 12.8 Å². The first kappa shape index (κ1) is 9.30. The van der Waals surface area contributed by atoms with Gasteiger partial charge in [-0.15, -0.1) is 0 Å². The standard InChI is InChI=1S/C6H7N3O4/c10-4(11)2-1-3-5(12)7-6(13)9-8-3/h3H,1-2H2,(H,10,11)(H,7,12,13). The Labute approximate surface area is 72.8 Å². The summed E-state index contributed by atoms with van der Waals surface area (Å²) in [7, 11) is 0. The first-order valence-electron chi connectivity index (χ1n) is 3.57. The Kier molecular flexibility index (Phi) is 2.68. The molecule has 0 radical (unpaired) electrons. The highest BCUT2D eigenvalue weighted by molar-refractivity contribution is 5.98. The van der Waals surface area contributed by atoms with E-state index in [0.29, 0.717) is 0 Å². The van der Waals surface area contributed by atoms with Gasteiger partial charge in [0.1, 0.15) is 0 Å². The SMILES string of the molecule is O=C(O)CCC1N=NC(=O)NC1=O. The number of carbonyl (C=O) groups excluding carboxylic acids is 2. The third-order valence-corrected chi connectivity index (χ3v) is 1.45. The number of hydrogen-bond acceptors (Lipinski definition) is 4. The number of nitrogens with zero attached hydrogens (tertiary/aromatic N) is 2. The second kappa shape index (κ2) is 3.74. The van der Waals surface area contributed by atoms with Crippen LogP contribution in [-0.2, 0) is 9.59 Å². The Bertz CT molecular complexity index is 286. The quantitative estimate of drug-likeness (QED) is 0.640. The molecule has 0 fully saturated rings. The molecule has 0 aliphatic carbocycles. The van der Waals surface area contributed by atoms with Crippen LogP contribution >= 0.6 is 0 Å². The second-order valence-electron chi connectivity index (χ2n) is 2.46. The van der Waals surface area contributed by atoms with Crippen molar-refractivity contribution in [2.24, 2.45) is 10.2 Å². The lowest BCUT2D eigenvalue weighted by molar-refractivity contribution is -0.137. The zero-order chi connectivity index (χ0) is 9.84. The van der Waals surface area contributed by atoms with Crippen LogP contribution in [0.25, 0.3) is 0 Å². The van der Waals surface area contributed by atoms with E-state index < -0.39 is 23.9 Å². The zero-order valence-electron chi connectivity index (χ0n) is 6.56. The van der Waals surface area contributed by atoms with Crippen LogP contribution < -0.4 is 5.32 Å². The maximum atomic E-state index is 10.9. The molecule has 3 amide bonds. The highest BCUT2D eigenvalue weighted by atomic mass is 16.4. The Morgan fingerprint density at radius 1 is 1.54 bits per heavy atom. The Morgan fingerprint density at radius 2 is 2.23 bits per heavy atom. The van der Waals surface area contributed by atoms with Gasteiger partial charge in [0.25, 0.3) is 5.91 Å². The molecule has 1 rings (SSSR count). The van der Waals surface area contributed by atoms with Crippen LogP contribution in [0.2, 0.25) is 0 Å². The van der Waals surface area contributed by atoms with E-state index in [9.17, 15) is 14.4 Å². The molecule has 2 N–H and O–H groups in total. The molecule has 13 heavy (non-hydrogen) atoms. The number of imide groups is 1. The van der Waals surface area contributed by atoms with Crippen LogP contribution in [0.4, 0.5) is 4.79 Å². The van der Waals surface area contributed by atoms with Crippen molar-refractivity contribution in [2.75, 3.05) is 0 Å². The molecule has 1 aliphatic heterocycles. The Balaban J connectivity index is 2.51. The average molecular weight is 185 g/mol. The highest BCUT2D eigenvalue weighted by Gasteiger charge is 2.24. The van der Waals surface area contributed by atoms with E-state index >= 15 is 0 Å². The second-order valence-corrected chi connectivity index (χ2v) is 2.46. The highest BCUT2D eigenvalue weighted by Crippen LogP contribution is 2.06. The van der Waals surface area contributed by atoms with Crippen LogP contribution in [0.5, 0.6) is 0 Å². The molecule has 0 spiro atoms. The molecule has 0 aromatic carbocycles. The summed E-state index contributed by atoms with van der Waals surface area (Å²) >= 11 is 0. The molecule has 1 atom stereocenters. The normalized spacial score (nSPS) is 21.4. The first-order valence-corrected chi connectivity index (χ1v) is 3.57. The van der Waals surface area contributed by atoms with Gasteiger partial charge in [-0.1, -0.05) is 5.11 Å². The molecule has 0 aromatic rings. The van der Waals surface area contributed by atoms with Gasteiger partial charge in [0.05, 0.1) is 0 Å². The van der Waals surface area contributed by atoms with Crippen molar-refractivity contribution in [3.05, 3.63) is 0 Å². The number of nitrogens with one attached hydrogen (secondary N) is 1. The Hall–Kier alpha value is -1.79. The van der Waals surface area contributed by atoms with Gasteiger partial charge in [0.15, 0.2) is 6.04 Å². The molecule has 1 unspecified atom stereocenters. The van der Waals surface area contributed by atoms with Crippen molar-refractivity contribution in [3.63, 3.8) is 0 Å². The molecule has 0 bridgehead atoms. The van der Waals surface area contributed by atoms with Gasteiger partial charge in [0, 0.05) is 6.42 Å². The molecular weight excluding hydrogens is 178 g/mol. The minimum Gasteiger partial charge on any atom is -0.481 e. The van der Waals surface area contributed by atoms with Crippen molar-refractivity contribution >= 4 is 17.9 Å². The summed E-state index contributed by atoms with van der Waals surface area (Å²) in [4.78, 5) is 31.5. The summed E-state index contributed by atoms with van der Waals surface area (Å²) in [6.07, 6.45) is -0.122. The van der Waals surface area contributed by atoms with Gasteiger partial charge in [-0.05, 0) is 6.42 Å². The fourth-order valence-electron chi connectivity index (χ4n) is 0.837. The maximum absolute atomic E-state index is 10.9. The first-order chi connectivity index (χ1) is 6.09. The van der Waals surface area contributed by atoms with E-state index in [0.717, 1.165) is 0 Å². The molecule has 7 heteroatoms. The largest absolute Gasteiger partial charge is 0.481 e. The zero-order valence-corrected chi connectivity index (χ0v) is 6.56. The number of azo groups is 1. The van der Waals surface area contributed by atoms with Crippen LogP contribution in [0.3, 0.4) is 0 Å². The minimum atomic E-state index is -1.01. The van der Waals surface area contributed by atoms with Gasteiger partial charge in [-0.2, -0.15) is 5.11 Å². The molecule has 0 saturated heterocycles. The Morgan fingerprint density at radius 3 is 2.77 bits per heavy atom. The number of rotatable bonds is 3. The van der Waals surface area contributed by atoms with Crippen molar-refractivity contribution in [2.45, 2.75) is 18.9 Å². The predicted molar refractivity (Wildman–Crippen MR) is 39.1 cm³/mol. The lowest BCUT2D eigenvalue weighted by Crippen LogP contribution is -2.39. The van der Waals surface area contributed by atoms with Crippen LogP contribution in [0, 0.1) is 0 Å². The van der Waals surface area contributed by atoms with Gasteiger partial charge in [-0.3, -0.25) is 14.9 Å². The molecule has 1 aliphatic rings. The molecule has 70 valence electrons. The van der Waals surface area contributed by atoms with Crippen LogP contribution in [0.1, 0.15) is 12.8 Å². The minimum absolute atomic E-state index is 0.0535. The lowest BCUT2D eigenvalue weighted by Gasteiger charge is -2.11. The molecular formula is C6H7N3O4. The van der Waals surface area contributed by atoms with E-state index in [1.54, 1.807) is 0 Å². The summed E-state index contributed by atoms with van der Waals surface area (Å²) in [5.74, 6) is -1.61. The molecule has 0 aromatic heterocycles. The number of aliphatic carboxylic acids is 1. The third-order valence-electron chi connectivity index (χ3n) is 1.45. The summed E-state index contributed by atoms with van der Waals surface area (Å²) in [6.45, 7) is 0. The lowest BCUT2D eigenvalue weighted by atomic mass is 10.1. The predicted octanol–water partition coefficient (Wildman–Crippen LogP) is -0.0782. The van der Waals surface area contributed by atoms with Crippen LogP contribution in [-0.4, -0.2) is 29.1 Å². The number of hydrogen-bond donors (Lipinski definition) is 2. The topological polar surface area (TPSA) is 108 Å². The van der Waals surface area contributed by atoms with Crippen molar-refractivity contribution < 1.29 is 19.5 Å². The van der Waals surface area contributed by atoms with E-state index in [1.165, 1.54) is 0 Å². The van der Waals surface area contributed by atoms with Gasteiger partial charge in [0.2, 0.25) is 0 Å². The summed E-state index contributed by atoms with van der Waals surface area (Å²) in [5.41, 5.74) is 0.